The van der Waals surface area contributed by atoms with Crippen LogP contribution in [0.3, 0.4) is 0 Å². The van der Waals surface area contributed by atoms with E-state index in [2.05, 4.69) is 14.9 Å². The number of anilines is 2. The number of nitrogens with two attached hydrogens (primary N) is 1. The van der Waals surface area contributed by atoms with Crippen LogP contribution in [0.2, 0.25) is 0 Å². The van der Waals surface area contributed by atoms with Gasteiger partial charge in [-0.1, -0.05) is 4.49 Å². The van der Waals surface area contributed by atoms with E-state index in [-0.39, 0.29) is 11.6 Å². The summed E-state index contributed by atoms with van der Waals surface area (Å²) >= 11 is 0.971. The molecule has 0 atom stereocenters. The molecule has 5 nitrogen and oxygen atoms in total. The Hall–Kier alpha value is -2.02. The summed E-state index contributed by atoms with van der Waals surface area (Å²) in [6.45, 7) is 0. The van der Waals surface area contributed by atoms with Crippen molar-refractivity contribution in [2.24, 2.45) is 0 Å². The minimum absolute atomic E-state index is 0.172. The molecular weight excluding hydrogens is 231 g/mol. The zero-order chi connectivity index (χ0) is 11.5. The number of nitrogens with zero attached hydrogens (tertiary/aromatic N) is 2. The summed E-state index contributed by atoms with van der Waals surface area (Å²) in [7, 11) is 0. The van der Waals surface area contributed by atoms with Crippen LogP contribution in [0.1, 0.15) is 9.67 Å². The third-order valence-electron chi connectivity index (χ3n) is 1.85. The first-order chi connectivity index (χ1) is 7.66. The van der Waals surface area contributed by atoms with E-state index in [4.69, 9.17) is 5.73 Å². The van der Waals surface area contributed by atoms with E-state index in [0.29, 0.717) is 10.6 Å². The number of hydrogen-bond donors (Lipinski definition) is 2. The van der Waals surface area contributed by atoms with Crippen molar-refractivity contribution in [2.75, 3.05) is 11.1 Å². The molecule has 0 spiro atoms. The van der Waals surface area contributed by atoms with Gasteiger partial charge in [0.15, 0.2) is 0 Å². The van der Waals surface area contributed by atoms with Crippen LogP contribution < -0.4 is 11.1 Å². The van der Waals surface area contributed by atoms with Crippen LogP contribution in [0.25, 0.3) is 0 Å². The fraction of sp³-hybridized carbons (Fsp3) is 0. The van der Waals surface area contributed by atoms with Crippen molar-refractivity contribution in [3.63, 3.8) is 0 Å². The fourth-order valence-corrected chi connectivity index (χ4v) is 1.51. The average molecular weight is 238 g/mol. The van der Waals surface area contributed by atoms with Gasteiger partial charge in [-0.25, -0.2) is 4.39 Å². The second kappa shape index (κ2) is 4.23. The molecule has 16 heavy (non-hydrogen) atoms. The van der Waals surface area contributed by atoms with Gasteiger partial charge in [-0.3, -0.25) is 4.79 Å². The van der Waals surface area contributed by atoms with Gasteiger partial charge in [-0.05, 0) is 29.7 Å². The summed E-state index contributed by atoms with van der Waals surface area (Å²) in [4.78, 5) is 11.9. The maximum Gasteiger partial charge on any atom is 0.269 e. The molecule has 2 aromatic rings. The molecule has 0 saturated heterocycles. The lowest BCUT2D eigenvalue weighted by molar-refractivity contribution is 0.103. The molecule has 1 aromatic heterocycles. The van der Waals surface area contributed by atoms with Crippen LogP contribution in [0.4, 0.5) is 15.8 Å². The van der Waals surface area contributed by atoms with Crippen LogP contribution in [0.5, 0.6) is 0 Å². The van der Waals surface area contributed by atoms with Crippen molar-refractivity contribution in [2.45, 2.75) is 0 Å². The number of benzene rings is 1. The highest BCUT2D eigenvalue weighted by molar-refractivity contribution is 7.07. The molecule has 0 fully saturated rings. The van der Waals surface area contributed by atoms with Gasteiger partial charge < -0.3 is 11.1 Å². The van der Waals surface area contributed by atoms with Gasteiger partial charge in [0.1, 0.15) is 10.7 Å². The molecule has 0 unspecified atom stereocenters. The first-order valence-corrected chi connectivity index (χ1v) is 5.08. The molecule has 0 bridgehead atoms. The quantitative estimate of drug-likeness (QED) is 0.777. The van der Waals surface area contributed by atoms with Crippen LogP contribution in [-0.2, 0) is 0 Å². The lowest BCUT2D eigenvalue weighted by Gasteiger charge is -2.06. The highest BCUT2D eigenvalue weighted by Crippen LogP contribution is 2.20. The molecule has 0 saturated carbocycles. The van der Waals surface area contributed by atoms with Gasteiger partial charge in [0, 0.05) is 0 Å². The van der Waals surface area contributed by atoms with E-state index in [9.17, 15) is 9.18 Å². The van der Waals surface area contributed by atoms with Gasteiger partial charge in [0.25, 0.3) is 5.91 Å². The standard InChI is InChI=1S/C9H7FN4OS/c10-5-1-2-7(6(11)3-5)13-9(15)8-4-12-14-16-8/h1-4H,11H2,(H,13,15). The SMILES string of the molecule is Nc1cc(F)ccc1NC(=O)c1cnns1. The van der Waals surface area contributed by atoms with Crippen molar-refractivity contribution >= 4 is 28.8 Å². The zero-order valence-corrected chi connectivity index (χ0v) is 8.79. The average Bonchev–Trinajstić information content (AvgIpc) is 2.75. The van der Waals surface area contributed by atoms with Crippen molar-refractivity contribution in [3.05, 3.63) is 35.1 Å². The molecule has 7 heteroatoms. The second-order valence-electron chi connectivity index (χ2n) is 2.97. The topological polar surface area (TPSA) is 80.9 Å². The number of amides is 1. The Labute approximate surface area is 94.3 Å². The van der Waals surface area contributed by atoms with Crippen molar-refractivity contribution in [1.82, 2.24) is 9.59 Å². The molecule has 1 aromatic carbocycles. The number of rotatable bonds is 2. The summed E-state index contributed by atoms with van der Waals surface area (Å²) < 4.78 is 16.3. The summed E-state index contributed by atoms with van der Waals surface area (Å²) in [5, 5.41) is 6.08. The Morgan fingerprint density at radius 3 is 2.94 bits per heavy atom. The molecule has 1 amide bonds. The van der Waals surface area contributed by atoms with Gasteiger partial charge in [-0.2, -0.15) is 0 Å². The van der Waals surface area contributed by atoms with Crippen molar-refractivity contribution < 1.29 is 9.18 Å². The number of carbonyl (C=O) groups excluding carboxylic acids is 1. The molecule has 0 radical (unpaired) electrons. The van der Waals surface area contributed by atoms with E-state index in [1.807, 2.05) is 0 Å². The van der Waals surface area contributed by atoms with Gasteiger partial charge in [-0.15, -0.1) is 5.10 Å². The van der Waals surface area contributed by atoms with Gasteiger partial charge in [0.2, 0.25) is 0 Å². The smallest absolute Gasteiger partial charge is 0.269 e. The highest BCUT2D eigenvalue weighted by Gasteiger charge is 2.10. The minimum Gasteiger partial charge on any atom is -0.397 e. The Bertz CT molecular complexity index is 514. The molecular formula is C9H7FN4OS. The number of nitrogen functional groups attached to an aromatic ring is 1. The van der Waals surface area contributed by atoms with E-state index in [1.54, 1.807) is 0 Å². The third-order valence-corrected chi connectivity index (χ3v) is 2.51. The lowest BCUT2D eigenvalue weighted by Crippen LogP contribution is -2.11. The molecule has 2 rings (SSSR count). The second-order valence-corrected chi connectivity index (χ2v) is 3.75. The molecule has 0 aliphatic heterocycles. The van der Waals surface area contributed by atoms with E-state index >= 15 is 0 Å². The summed E-state index contributed by atoms with van der Waals surface area (Å²) in [5.74, 6) is -0.816. The lowest BCUT2D eigenvalue weighted by atomic mass is 10.2. The minimum atomic E-state index is -0.449. The molecule has 0 aliphatic carbocycles. The first kappa shape index (κ1) is 10.5. The molecule has 1 heterocycles. The van der Waals surface area contributed by atoms with E-state index < -0.39 is 5.82 Å². The Morgan fingerprint density at radius 1 is 1.50 bits per heavy atom. The Balaban J connectivity index is 2.18. The maximum atomic E-state index is 12.7. The molecule has 0 aliphatic rings. The van der Waals surface area contributed by atoms with Crippen LogP contribution in [-0.4, -0.2) is 15.5 Å². The summed E-state index contributed by atoms with van der Waals surface area (Å²) in [6.07, 6.45) is 1.35. The third kappa shape index (κ3) is 2.14. The number of halogens is 1. The van der Waals surface area contributed by atoms with Crippen molar-refractivity contribution in [3.8, 4) is 0 Å². The largest absolute Gasteiger partial charge is 0.397 e. The van der Waals surface area contributed by atoms with E-state index in [1.165, 1.54) is 18.3 Å². The summed E-state index contributed by atoms with van der Waals surface area (Å²) in [5.41, 5.74) is 6.07. The highest BCUT2D eigenvalue weighted by atomic mass is 32.1. The fourth-order valence-electron chi connectivity index (χ4n) is 1.10. The van der Waals surface area contributed by atoms with Crippen molar-refractivity contribution in [1.29, 1.82) is 0 Å². The van der Waals surface area contributed by atoms with Crippen LogP contribution in [0, 0.1) is 5.82 Å². The first-order valence-electron chi connectivity index (χ1n) is 4.30. The van der Waals surface area contributed by atoms with Gasteiger partial charge in [0.05, 0.1) is 17.6 Å². The Morgan fingerprint density at radius 2 is 2.31 bits per heavy atom. The zero-order valence-electron chi connectivity index (χ0n) is 7.98. The van der Waals surface area contributed by atoms with Crippen LogP contribution in [0.15, 0.2) is 24.4 Å². The molecule has 82 valence electrons. The number of nitrogens with one attached hydrogen (secondary N) is 1. The number of carbonyl (C=O) groups is 1. The van der Waals surface area contributed by atoms with Gasteiger partial charge >= 0.3 is 0 Å². The summed E-state index contributed by atoms with van der Waals surface area (Å²) in [6, 6.07) is 3.76. The van der Waals surface area contributed by atoms with Crippen LogP contribution >= 0.6 is 11.5 Å². The number of aromatic nitrogens is 2. The maximum absolute atomic E-state index is 12.7. The predicted molar refractivity (Wildman–Crippen MR) is 58.7 cm³/mol. The molecule has 3 N–H and O–H groups in total. The van der Waals surface area contributed by atoms with E-state index in [0.717, 1.165) is 17.6 Å². The monoisotopic (exact) mass is 238 g/mol. The predicted octanol–water partition coefficient (Wildman–Crippen LogP) is 1.51. The normalized spacial score (nSPS) is 10.1. The Kier molecular flexibility index (Phi) is 2.78. The number of hydrogen-bond acceptors (Lipinski definition) is 5.